The monoisotopic (exact) mass is 454 g/mol. The normalized spacial score (nSPS) is 17.7. The van der Waals surface area contributed by atoms with Crippen LogP contribution in [0.3, 0.4) is 0 Å². The molecule has 2 aliphatic rings. The van der Waals surface area contributed by atoms with Crippen LogP contribution in [0, 0.1) is 19.8 Å². The van der Waals surface area contributed by atoms with Crippen molar-refractivity contribution in [3.8, 4) is 0 Å². The van der Waals surface area contributed by atoms with Crippen molar-refractivity contribution in [1.82, 2.24) is 9.97 Å². The summed E-state index contributed by atoms with van der Waals surface area (Å²) in [5, 5.41) is 7.06. The maximum absolute atomic E-state index is 12.8. The molecule has 5 rings (SSSR count). The number of halogens is 1. The molecule has 0 radical (unpaired) electrons. The molecule has 162 valence electrons. The number of hydrogen-bond acceptors (Lipinski definition) is 5. The van der Waals surface area contributed by atoms with Gasteiger partial charge in [0.1, 0.15) is 11.6 Å². The van der Waals surface area contributed by atoms with Crippen molar-refractivity contribution < 1.29 is 4.79 Å². The summed E-state index contributed by atoms with van der Waals surface area (Å²) in [6.07, 6.45) is 5.30. The molecule has 1 aliphatic heterocycles. The van der Waals surface area contributed by atoms with E-state index in [0.717, 1.165) is 54.3 Å². The topological polar surface area (TPSA) is 58.1 Å². The number of fused-ring (bicyclic) bond motifs is 1. The maximum Gasteiger partial charge on any atom is 0.227 e. The summed E-state index contributed by atoms with van der Waals surface area (Å²) in [5.41, 5.74) is 2.85. The van der Waals surface area contributed by atoms with E-state index < -0.39 is 0 Å². The number of rotatable bonds is 4. The number of nitrogens with one attached hydrogen (secondary N) is 1. The highest BCUT2D eigenvalue weighted by Gasteiger charge is 2.29. The van der Waals surface area contributed by atoms with Gasteiger partial charge in [-0.3, -0.25) is 4.79 Å². The standard InChI is InChI=1S/C24H27ClN4OS/c1-14-6-7-18(12-19(14)25)26-24(30)17-8-10-29(11-9-17)23-21-15(2)31-13-20(21)27-22(28-23)16-4-3-5-16/h6-7,12-13,16-17H,3-5,8-11H2,1-2H3,(H,26,30). The Morgan fingerprint density at radius 2 is 1.94 bits per heavy atom. The molecule has 31 heavy (non-hydrogen) atoms. The van der Waals surface area contributed by atoms with Crippen LogP contribution in [-0.4, -0.2) is 29.0 Å². The lowest BCUT2D eigenvalue weighted by Crippen LogP contribution is -2.39. The molecule has 5 nitrogen and oxygen atoms in total. The molecule has 0 bridgehead atoms. The Hall–Kier alpha value is -2.18. The fourth-order valence-corrected chi connectivity index (χ4v) is 5.41. The van der Waals surface area contributed by atoms with Crippen LogP contribution in [0.1, 0.15) is 54.3 Å². The van der Waals surface area contributed by atoms with Crippen molar-refractivity contribution >= 4 is 51.3 Å². The Bertz CT molecular complexity index is 1130. The lowest BCUT2D eigenvalue weighted by Gasteiger charge is -2.33. The van der Waals surface area contributed by atoms with Crippen LogP contribution in [0.2, 0.25) is 5.02 Å². The van der Waals surface area contributed by atoms with Gasteiger partial charge in [-0.2, -0.15) is 0 Å². The molecule has 1 N–H and O–H groups in total. The van der Waals surface area contributed by atoms with E-state index in [1.165, 1.54) is 29.5 Å². The first-order valence-corrected chi connectivity index (χ1v) is 12.3. The SMILES string of the molecule is Cc1ccc(NC(=O)C2CCN(c3nc(C4CCC4)nc4csc(C)c34)CC2)cc1Cl. The fraction of sp³-hybridized carbons (Fsp3) is 0.458. The maximum atomic E-state index is 12.8. The van der Waals surface area contributed by atoms with Gasteiger partial charge in [0.15, 0.2) is 0 Å². The summed E-state index contributed by atoms with van der Waals surface area (Å²) in [4.78, 5) is 26.4. The number of amides is 1. The number of benzene rings is 1. The molecule has 0 atom stereocenters. The first-order chi connectivity index (χ1) is 15.0. The Balaban J connectivity index is 1.31. The minimum absolute atomic E-state index is 0.00308. The third-order valence-corrected chi connectivity index (χ3v) is 8.02. The highest BCUT2D eigenvalue weighted by Crippen LogP contribution is 2.39. The van der Waals surface area contributed by atoms with E-state index in [4.69, 9.17) is 21.6 Å². The molecule has 1 saturated carbocycles. The average Bonchev–Trinajstić information content (AvgIpc) is 3.10. The van der Waals surface area contributed by atoms with Crippen molar-refractivity contribution in [2.24, 2.45) is 5.92 Å². The van der Waals surface area contributed by atoms with E-state index in [9.17, 15) is 4.79 Å². The summed E-state index contributed by atoms with van der Waals surface area (Å²) in [6, 6.07) is 5.67. The van der Waals surface area contributed by atoms with Crippen LogP contribution in [0.5, 0.6) is 0 Å². The molecular weight excluding hydrogens is 428 g/mol. The van der Waals surface area contributed by atoms with Gasteiger partial charge >= 0.3 is 0 Å². The van der Waals surface area contributed by atoms with Gasteiger partial charge in [0.2, 0.25) is 5.91 Å². The van der Waals surface area contributed by atoms with Gasteiger partial charge in [-0.05, 0) is 57.2 Å². The van der Waals surface area contributed by atoms with Gasteiger partial charge in [0, 0.05) is 45.9 Å². The Kier molecular flexibility index (Phi) is 5.61. The Morgan fingerprint density at radius 1 is 1.16 bits per heavy atom. The van der Waals surface area contributed by atoms with E-state index in [1.54, 1.807) is 11.3 Å². The van der Waals surface area contributed by atoms with E-state index >= 15 is 0 Å². The zero-order valence-electron chi connectivity index (χ0n) is 17.9. The van der Waals surface area contributed by atoms with E-state index in [2.05, 4.69) is 22.5 Å². The molecule has 1 aromatic carbocycles. The average molecular weight is 455 g/mol. The van der Waals surface area contributed by atoms with Gasteiger partial charge < -0.3 is 10.2 Å². The van der Waals surface area contributed by atoms with Gasteiger partial charge in [0.05, 0.1) is 10.9 Å². The van der Waals surface area contributed by atoms with Crippen LogP contribution in [-0.2, 0) is 4.79 Å². The number of piperidine rings is 1. The van der Waals surface area contributed by atoms with Crippen LogP contribution in [0.15, 0.2) is 23.6 Å². The zero-order valence-corrected chi connectivity index (χ0v) is 19.5. The van der Waals surface area contributed by atoms with Gasteiger partial charge in [-0.25, -0.2) is 9.97 Å². The van der Waals surface area contributed by atoms with Crippen LogP contribution in [0.4, 0.5) is 11.5 Å². The first kappa shape index (κ1) is 20.7. The molecule has 3 heterocycles. The van der Waals surface area contributed by atoms with Crippen molar-refractivity contribution in [2.45, 2.75) is 51.9 Å². The summed E-state index contributed by atoms with van der Waals surface area (Å²) in [5.74, 6) is 2.66. The van der Waals surface area contributed by atoms with Crippen LogP contribution >= 0.6 is 22.9 Å². The van der Waals surface area contributed by atoms with Gasteiger partial charge in [-0.1, -0.05) is 24.1 Å². The first-order valence-electron chi connectivity index (χ1n) is 11.1. The fourth-order valence-electron chi connectivity index (χ4n) is 4.46. The zero-order chi connectivity index (χ0) is 21.5. The highest BCUT2D eigenvalue weighted by atomic mass is 35.5. The second kappa shape index (κ2) is 8.40. The number of nitrogens with zero attached hydrogens (tertiary/aromatic N) is 3. The number of aryl methyl sites for hydroxylation is 2. The molecule has 2 fully saturated rings. The molecular formula is C24H27ClN4OS. The quantitative estimate of drug-likeness (QED) is 0.518. The molecule has 0 spiro atoms. The van der Waals surface area contributed by atoms with Crippen LogP contribution in [0.25, 0.3) is 10.9 Å². The van der Waals surface area contributed by atoms with E-state index in [0.29, 0.717) is 10.9 Å². The molecule has 3 aromatic rings. The number of carbonyl (C=O) groups is 1. The number of anilines is 2. The molecule has 2 aromatic heterocycles. The molecule has 0 unspecified atom stereocenters. The van der Waals surface area contributed by atoms with Gasteiger partial charge in [0.25, 0.3) is 0 Å². The molecule has 1 aliphatic carbocycles. The minimum Gasteiger partial charge on any atom is -0.356 e. The van der Waals surface area contributed by atoms with E-state index in [1.807, 2.05) is 25.1 Å². The largest absolute Gasteiger partial charge is 0.356 e. The third-order valence-electron chi connectivity index (χ3n) is 6.71. The summed E-state index contributed by atoms with van der Waals surface area (Å²) in [7, 11) is 0. The summed E-state index contributed by atoms with van der Waals surface area (Å²) in [6.45, 7) is 5.77. The van der Waals surface area contributed by atoms with Crippen molar-refractivity contribution in [3.63, 3.8) is 0 Å². The Labute approximate surface area is 191 Å². The van der Waals surface area contributed by atoms with Crippen molar-refractivity contribution in [3.05, 3.63) is 44.9 Å². The van der Waals surface area contributed by atoms with Crippen molar-refractivity contribution in [2.75, 3.05) is 23.3 Å². The third kappa shape index (κ3) is 4.03. The second-order valence-corrected chi connectivity index (χ2v) is 10.3. The summed E-state index contributed by atoms with van der Waals surface area (Å²) < 4.78 is 0. The van der Waals surface area contributed by atoms with Crippen molar-refractivity contribution in [1.29, 1.82) is 0 Å². The summed E-state index contributed by atoms with van der Waals surface area (Å²) >= 11 is 7.95. The number of aromatic nitrogens is 2. The van der Waals surface area contributed by atoms with Crippen LogP contribution < -0.4 is 10.2 Å². The van der Waals surface area contributed by atoms with Gasteiger partial charge in [-0.15, -0.1) is 11.3 Å². The molecule has 7 heteroatoms. The smallest absolute Gasteiger partial charge is 0.227 e. The minimum atomic E-state index is 0.00308. The molecule has 1 amide bonds. The van der Waals surface area contributed by atoms with E-state index in [-0.39, 0.29) is 11.8 Å². The predicted octanol–water partition coefficient (Wildman–Crippen LogP) is 6.08. The lowest BCUT2D eigenvalue weighted by molar-refractivity contribution is -0.120. The molecule has 1 saturated heterocycles. The predicted molar refractivity (Wildman–Crippen MR) is 128 cm³/mol. The lowest BCUT2D eigenvalue weighted by atomic mass is 9.85. The Morgan fingerprint density at radius 3 is 2.61 bits per heavy atom. The number of carbonyl (C=O) groups excluding carboxylic acids is 1. The second-order valence-electron chi connectivity index (χ2n) is 8.80. The number of thiophene rings is 1. The number of hydrogen-bond donors (Lipinski definition) is 1. The highest BCUT2D eigenvalue weighted by molar-refractivity contribution is 7.11.